The van der Waals surface area contributed by atoms with Crippen LogP contribution in [0.3, 0.4) is 0 Å². The number of ketones is 1. The van der Waals surface area contributed by atoms with Gasteiger partial charge in [0.05, 0.1) is 10.6 Å². The topological polar surface area (TPSA) is 51.2 Å². The van der Waals surface area contributed by atoms with Crippen molar-refractivity contribution in [1.82, 2.24) is 0 Å². The first-order valence-electron chi connectivity index (χ1n) is 5.96. The van der Waals surface area contributed by atoms with Gasteiger partial charge in [0.1, 0.15) is 0 Å². The number of rotatable bonds is 0. The Kier molecular flexibility index (Phi) is 2.57. The second-order valence-electron chi connectivity index (χ2n) is 4.69. The molecular weight excluding hydrogens is 260 g/mol. The minimum atomic E-state index is -3.47. The Bertz CT molecular complexity index is 789. The van der Waals surface area contributed by atoms with Crippen molar-refractivity contribution in [3.8, 4) is 0 Å². The fraction of sp³-hybridized carbons (Fsp3) is 0.133. The Hall–Kier alpha value is -1.94. The normalized spacial score (nSPS) is 16.4. The van der Waals surface area contributed by atoms with Crippen LogP contribution in [-0.4, -0.2) is 14.2 Å². The second-order valence-corrected chi connectivity index (χ2v) is 6.65. The van der Waals surface area contributed by atoms with E-state index in [4.69, 9.17) is 0 Å². The van der Waals surface area contributed by atoms with E-state index >= 15 is 0 Å². The maximum atomic E-state index is 12.6. The molecule has 0 N–H and O–H groups in total. The maximum Gasteiger partial charge on any atom is 0.194 e. The first-order valence-corrected chi connectivity index (χ1v) is 7.61. The Morgan fingerprint density at radius 3 is 2.53 bits per heavy atom. The highest BCUT2D eigenvalue weighted by atomic mass is 32.2. The smallest absolute Gasteiger partial charge is 0.194 e. The molecular formula is C15H12O3S. The van der Waals surface area contributed by atoms with Gasteiger partial charge < -0.3 is 0 Å². The van der Waals surface area contributed by atoms with Gasteiger partial charge in [0.2, 0.25) is 0 Å². The summed E-state index contributed by atoms with van der Waals surface area (Å²) in [4.78, 5) is 12.7. The zero-order valence-electron chi connectivity index (χ0n) is 10.4. The van der Waals surface area contributed by atoms with E-state index in [1.54, 1.807) is 43.3 Å². The summed E-state index contributed by atoms with van der Waals surface area (Å²) >= 11 is 0. The number of carbonyl (C=O) groups is 1. The van der Waals surface area contributed by atoms with Crippen LogP contribution in [0.1, 0.15) is 27.0 Å². The molecule has 0 atom stereocenters. The standard InChI is InChI=1S/C15H12O3S/c1-10-5-4-8-13-14(10)15(16)12-7-3-2-6-11(12)9-19(13,17)18/h2-8H,9H2,1H3. The molecule has 0 saturated carbocycles. The fourth-order valence-electron chi connectivity index (χ4n) is 2.48. The van der Waals surface area contributed by atoms with Crippen LogP contribution >= 0.6 is 0 Å². The highest BCUT2D eigenvalue weighted by Crippen LogP contribution is 2.31. The molecule has 3 rings (SSSR count). The number of hydrogen-bond acceptors (Lipinski definition) is 3. The van der Waals surface area contributed by atoms with Gasteiger partial charge in [-0.1, -0.05) is 36.4 Å². The molecule has 0 aromatic heterocycles. The monoisotopic (exact) mass is 272 g/mol. The van der Waals surface area contributed by atoms with Crippen LogP contribution in [0.4, 0.5) is 0 Å². The van der Waals surface area contributed by atoms with Crippen molar-refractivity contribution in [2.24, 2.45) is 0 Å². The molecule has 0 bridgehead atoms. The third-order valence-corrected chi connectivity index (χ3v) is 5.11. The number of sulfone groups is 1. The predicted octanol–water partition coefficient (Wildman–Crippen LogP) is 2.51. The van der Waals surface area contributed by atoms with Gasteiger partial charge >= 0.3 is 0 Å². The largest absolute Gasteiger partial charge is 0.289 e. The lowest BCUT2D eigenvalue weighted by atomic mass is 9.96. The molecule has 3 nitrogen and oxygen atoms in total. The number of aryl methyl sites for hydroxylation is 1. The van der Waals surface area contributed by atoms with E-state index in [2.05, 4.69) is 0 Å². The molecule has 19 heavy (non-hydrogen) atoms. The first-order chi connectivity index (χ1) is 9.00. The summed E-state index contributed by atoms with van der Waals surface area (Å²) in [7, 11) is -3.47. The summed E-state index contributed by atoms with van der Waals surface area (Å²) in [5.74, 6) is -0.324. The lowest BCUT2D eigenvalue weighted by Gasteiger charge is -2.07. The van der Waals surface area contributed by atoms with Crippen LogP contribution in [0.25, 0.3) is 0 Å². The van der Waals surface area contributed by atoms with Crippen molar-refractivity contribution in [2.75, 3.05) is 0 Å². The third-order valence-electron chi connectivity index (χ3n) is 3.40. The molecule has 0 unspecified atom stereocenters. The van der Waals surface area contributed by atoms with E-state index in [1.165, 1.54) is 6.07 Å². The van der Waals surface area contributed by atoms with Crippen molar-refractivity contribution >= 4 is 15.6 Å². The Morgan fingerprint density at radius 2 is 1.74 bits per heavy atom. The summed E-state index contributed by atoms with van der Waals surface area (Å²) in [6, 6.07) is 11.9. The Labute approximate surface area is 111 Å². The molecule has 0 saturated heterocycles. The molecule has 0 radical (unpaired) electrons. The van der Waals surface area contributed by atoms with Gasteiger partial charge in [-0.25, -0.2) is 8.42 Å². The average molecular weight is 272 g/mol. The van der Waals surface area contributed by atoms with E-state index in [-0.39, 0.29) is 16.4 Å². The minimum Gasteiger partial charge on any atom is -0.289 e. The Balaban J connectivity index is 2.43. The highest BCUT2D eigenvalue weighted by molar-refractivity contribution is 7.90. The SMILES string of the molecule is Cc1cccc2c1C(=O)c1ccccc1CS2(=O)=O. The van der Waals surface area contributed by atoms with Crippen LogP contribution < -0.4 is 0 Å². The zero-order chi connectivity index (χ0) is 13.6. The molecule has 1 aliphatic rings. The molecule has 2 aromatic rings. The molecule has 0 spiro atoms. The van der Waals surface area contributed by atoms with Crippen molar-refractivity contribution < 1.29 is 13.2 Å². The van der Waals surface area contributed by atoms with Crippen LogP contribution in [0.2, 0.25) is 0 Å². The predicted molar refractivity (Wildman–Crippen MR) is 71.9 cm³/mol. The molecule has 1 heterocycles. The van der Waals surface area contributed by atoms with E-state index in [1.807, 2.05) is 0 Å². The lowest BCUT2D eigenvalue weighted by Crippen LogP contribution is -2.08. The molecule has 0 aliphatic carbocycles. The molecule has 0 fully saturated rings. The third kappa shape index (κ3) is 1.79. The summed E-state index contributed by atoms with van der Waals surface area (Å²) in [5, 5.41) is 0. The van der Waals surface area contributed by atoms with Crippen LogP contribution in [-0.2, 0) is 15.6 Å². The second kappa shape index (κ2) is 4.03. The van der Waals surface area contributed by atoms with E-state index in [0.717, 1.165) is 0 Å². The van der Waals surface area contributed by atoms with Crippen molar-refractivity contribution in [3.05, 3.63) is 64.7 Å². The van der Waals surface area contributed by atoms with E-state index in [9.17, 15) is 13.2 Å². The maximum absolute atomic E-state index is 12.6. The van der Waals surface area contributed by atoms with E-state index in [0.29, 0.717) is 22.3 Å². The quantitative estimate of drug-likeness (QED) is 0.740. The zero-order valence-corrected chi connectivity index (χ0v) is 11.2. The van der Waals surface area contributed by atoms with Crippen LogP contribution in [0, 0.1) is 6.92 Å². The summed E-state index contributed by atoms with van der Waals surface area (Å²) in [5.41, 5.74) is 2.07. The summed E-state index contributed by atoms with van der Waals surface area (Å²) < 4.78 is 24.8. The minimum absolute atomic E-state index is 0.120. The van der Waals surface area contributed by atoms with Crippen LogP contribution in [0.15, 0.2) is 47.4 Å². The number of fused-ring (bicyclic) bond motifs is 2. The van der Waals surface area contributed by atoms with E-state index < -0.39 is 9.84 Å². The highest BCUT2D eigenvalue weighted by Gasteiger charge is 2.30. The number of hydrogen-bond donors (Lipinski definition) is 0. The van der Waals surface area contributed by atoms with Gasteiger partial charge in [0, 0.05) is 11.1 Å². The van der Waals surface area contributed by atoms with Gasteiger partial charge in [-0.05, 0) is 24.1 Å². The summed E-state index contributed by atoms with van der Waals surface area (Å²) in [6.07, 6.45) is 0. The van der Waals surface area contributed by atoms with Gasteiger partial charge in [0.25, 0.3) is 0 Å². The first kappa shape index (κ1) is 12.1. The molecule has 96 valence electrons. The number of carbonyl (C=O) groups excluding carboxylic acids is 1. The molecule has 0 amide bonds. The molecule has 1 aliphatic heterocycles. The average Bonchev–Trinajstić information content (AvgIpc) is 2.45. The van der Waals surface area contributed by atoms with Gasteiger partial charge in [0.15, 0.2) is 15.6 Å². The van der Waals surface area contributed by atoms with Crippen molar-refractivity contribution in [2.45, 2.75) is 17.6 Å². The van der Waals surface area contributed by atoms with Gasteiger partial charge in [-0.15, -0.1) is 0 Å². The molecule has 2 aromatic carbocycles. The van der Waals surface area contributed by atoms with Crippen molar-refractivity contribution in [1.29, 1.82) is 0 Å². The number of benzene rings is 2. The lowest BCUT2D eigenvalue weighted by molar-refractivity contribution is 0.103. The van der Waals surface area contributed by atoms with Gasteiger partial charge in [-0.3, -0.25) is 4.79 Å². The Morgan fingerprint density at radius 1 is 1.00 bits per heavy atom. The van der Waals surface area contributed by atoms with Crippen LogP contribution in [0.5, 0.6) is 0 Å². The molecule has 4 heteroatoms. The fourth-order valence-corrected chi connectivity index (χ4v) is 4.14. The van der Waals surface area contributed by atoms with Crippen molar-refractivity contribution in [3.63, 3.8) is 0 Å². The summed E-state index contributed by atoms with van der Waals surface area (Å²) in [6.45, 7) is 1.76. The van der Waals surface area contributed by atoms with Gasteiger partial charge in [-0.2, -0.15) is 0 Å².